The van der Waals surface area contributed by atoms with E-state index in [1.807, 2.05) is 13.8 Å². The van der Waals surface area contributed by atoms with Crippen molar-refractivity contribution in [3.63, 3.8) is 0 Å². The van der Waals surface area contributed by atoms with Gasteiger partial charge in [-0.15, -0.1) is 0 Å². The predicted molar refractivity (Wildman–Crippen MR) is 72.5 cm³/mol. The lowest BCUT2D eigenvalue weighted by Crippen LogP contribution is -2.08. The molecule has 0 saturated heterocycles. The van der Waals surface area contributed by atoms with E-state index in [4.69, 9.17) is 32.7 Å². The molecule has 0 N–H and O–H groups in total. The van der Waals surface area contributed by atoms with Gasteiger partial charge in [0.15, 0.2) is 0 Å². The number of hydrogen-bond donors (Lipinski definition) is 0. The van der Waals surface area contributed by atoms with Crippen molar-refractivity contribution in [2.24, 2.45) is 0 Å². The van der Waals surface area contributed by atoms with Crippen LogP contribution in [0.3, 0.4) is 0 Å². The molecule has 0 spiro atoms. The summed E-state index contributed by atoms with van der Waals surface area (Å²) >= 11 is 12.2. The maximum atomic E-state index is 6.10. The number of nitrogens with zero attached hydrogens (tertiary/aromatic N) is 2. The third-order valence-corrected chi connectivity index (χ3v) is 2.95. The molecule has 6 heteroatoms. The minimum absolute atomic E-state index is 0.206. The van der Waals surface area contributed by atoms with Gasteiger partial charge >= 0.3 is 0 Å². The van der Waals surface area contributed by atoms with Crippen LogP contribution in [0.5, 0.6) is 0 Å². The molecule has 102 valence electrons. The summed E-state index contributed by atoms with van der Waals surface area (Å²) in [5.74, 6) is 0.809. The lowest BCUT2D eigenvalue weighted by Gasteiger charge is -2.11. The number of aromatic nitrogens is 2. The van der Waals surface area contributed by atoms with E-state index in [-0.39, 0.29) is 5.92 Å². The highest BCUT2D eigenvalue weighted by Gasteiger charge is 2.14. The Hall–Kier alpha value is -0.420. The lowest BCUT2D eigenvalue weighted by molar-refractivity contribution is 0.0716. The van der Waals surface area contributed by atoms with Crippen molar-refractivity contribution in [3.05, 3.63) is 21.7 Å². The third kappa shape index (κ3) is 4.69. The van der Waals surface area contributed by atoms with E-state index in [0.29, 0.717) is 42.4 Å². The maximum absolute atomic E-state index is 6.10. The summed E-state index contributed by atoms with van der Waals surface area (Å²) in [7, 11) is 1.64. The van der Waals surface area contributed by atoms with Crippen LogP contribution in [-0.4, -0.2) is 36.9 Å². The average Bonchev–Trinajstić information content (AvgIpc) is 2.27. The standard InChI is InChI=1S/C12H18Cl2N2O2/c1-8(2)10-11(13)15-9(16-12(10)14)4-5-18-7-6-17-3/h8H,4-7H2,1-3H3. The molecule has 0 radical (unpaired) electrons. The predicted octanol–water partition coefficient (Wildman–Crippen LogP) is 3.11. The van der Waals surface area contributed by atoms with Gasteiger partial charge in [-0.3, -0.25) is 0 Å². The highest BCUT2D eigenvalue weighted by atomic mass is 35.5. The van der Waals surface area contributed by atoms with Crippen LogP contribution in [0.25, 0.3) is 0 Å². The van der Waals surface area contributed by atoms with Crippen LogP contribution in [0.15, 0.2) is 0 Å². The minimum Gasteiger partial charge on any atom is -0.382 e. The molecule has 4 nitrogen and oxygen atoms in total. The molecule has 0 aliphatic carbocycles. The molecule has 0 atom stereocenters. The normalized spacial score (nSPS) is 11.2. The maximum Gasteiger partial charge on any atom is 0.137 e. The van der Waals surface area contributed by atoms with Crippen molar-refractivity contribution in [1.82, 2.24) is 9.97 Å². The molecule has 18 heavy (non-hydrogen) atoms. The van der Waals surface area contributed by atoms with E-state index in [1.54, 1.807) is 7.11 Å². The zero-order valence-corrected chi connectivity index (χ0v) is 12.4. The fraction of sp³-hybridized carbons (Fsp3) is 0.667. The fourth-order valence-corrected chi connectivity index (χ4v) is 2.31. The molecular formula is C12H18Cl2N2O2. The molecule has 0 aliphatic heterocycles. The van der Waals surface area contributed by atoms with Gasteiger partial charge in [-0.25, -0.2) is 9.97 Å². The number of ether oxygens (including phenoxy) is 2. The van der Waals surface area contributed by atoms with Gasteiger partial charge < -0.3 is 9.47 Å². The quantitative estimate of drug-likeness (QED) is 0.572. The Balaban J connectivity index is 2.58. The second kappa shape index (κ2) is 7.89. The van der Waals surface area contributed by atoms with E-state index in [1.165, 1.54) is 0 Å². The summed E-state index contributed by atoms with van der Waals surface area (Å²) in [5.41, 5.74) is 0.794. The van der Waals surface area contributed by atoms with E-state index in [0.717, 1.165) is 5.56 Å². The summed E-state index contributed by atoms with van der Waals surface area (Å²) < 4.78 is 10.2. The van der Waals surface area contributed by atoms with E-state index in [2.05, 4.69) is 9.97 Å². The lowest BCUT2D eigenvalue weighted by atomic mass is 10.1. The van der Waals surface area contributed by atoms with Crippen LogP contribution in [0.1, 0.15) is 31.2 Å². The molecule has 0 aromatic carbocycles. The molecule has 1 heterocycles. The Bertz CT molecular complexity index is 363. The minimum atomic E-state index is 0.206. The van der Waals surface area contributed by atoms with Crippen molar-refractivity contribution >= 4 is 23.2 Å². The van der Waals surface area contributed by atoms with E-state index < -0.39 is 0 Å². The SMILES string of the molecule is COCCOCCc1nc(Cl)c(C(C)C)c(Cl)n1. The zero-order chi connectivity index (χ0) is 13.5. The van der Waals surface area contributed by atoms with Crippen molar-refractivity contribution in [3.8, 4) is 0 Å². The van der Waals surface area contributed by atoms with Gasteiger partial charge in [0.25, 0.3) is 0 Å². The zero-order valence-electron chi connectivity index (χ0n) is 10.9. The Kier molecular flexibility index (Phi) is 6.86. The molecule has 1 rings (SSSR count). The molecule has 0 bridgehead atoms. The molecule has 0 amide bonds. The van der Waals surface area contributed by atoms with Gasteiger partial charge in [0.2, 0.25) is 0 Å². The van der Waals surface area contributed by atoms with Gasteiger partial charge in [-0.2, -0.15) is 0 Å². The van der Waals surface area contributed by atoms with Crippen LogP contribution < -0.4 is 0 Å². The second-order valence-electron chi connectivity index (χ2n) is 4.15. The van der Waals surface area contributed by atoms with Crippen LogP contribution in [-0.2, 0) is 15.9 Å². The Morgan fingerprint density at radius 1 is 1.06 bits per heavy atom. The third-order valence-electron chi connectivity index (χ3n) is 2.38. The van der Waals surface area contributed by atoms with Crippen molar-refractivity contribution < 1.29 is 9.47 Å². The molecule has 0 unspecified atom stereocenters. The smallest absolute Gasteiger partial charge is 0.137 e. The first-order chi connectivity index (χ1) is 8.56. The number of rotatable bonds is 7. The monoisotopic (exact) mass is 292 g/mol. The molecule has 0 saturated carbocycles. The van der Waals surface area contributed by atoms with Crippen molar-refractivity contribution in [1.29, 1.82) is 0 Å². The number of hydrogen-bond acceptors (Lipinski definition) is 4. The Morgan fingerprint density at radius 2 is 1.67 bits per heavy atom. The van der Waals surface area contributed by atoms with Gasteiger partial charge in [-0.1, -0.05) is 37.0 Å². The van der Waals surface area contributed by atoms with Crippen LogP contribution >= 0.6 is 23.2 Å². The van der Waals surface area contributed by atoms with Crippen LogP contribution in [0, 0.1) is 0 Å². The van der Waals surface area contributed by atoms with Crippen LogP contribution in [0.2, 0.25) is 10.3 Å². The Labute approximate surface area is 118 Å². The largest absolute Gasteiger partial charge is 0.382 e. The van der Waals surface area contributed by atoms with Gasteiger partial charge in [0.1, 0.15) is 16.1 Å². The molecule has 0 fully saturated rings. The summed E-state index contributed by atoms with van der Waals surface area (Å²) in [5, 5.41) is 0.855. The highest BCUT2D eigenvalue weighted by molar-refractivity contribution is 6.34. The first-order valence-corrected chi connectivity index (χ1v) is 6.60. The summed E-state index contributed by atoms with van der Waals surface area (Å²) in [6, 6.07) is 0. The van der Waals surface area contributed by atoms with Gasteiger partial charge in [0, 0.05) is 19.1 Å². The summed E-state index contributed by atoms with van der Waals surface area (Å²) in [6.45, 7) is 5.67. The van der Waals surface area contributed by atoms with E-state index >= 15 is 0 Å². The highest BCUT2D eigenvalue weighted by Crippen LogP contribution is 2.28. The van der Waals surface area contributed by atoms with Gasteiger partial charge in [0.05, 0.1) is 19.8 Å². The molecule has 1 aromatic rings. The van der Waals surface area contributed by atoms with E-state index in [9.17, 15) is 0 Å². The Morgan fingerprint density at radius 3 is 2.17 bits per heavy atom. The van der Waals surface area contributed by atoms with Crippen molar-refractivity contribution in [2.75, 3.05) is 26.9 Å². The second-order valence-corrected chi connectivity index (χ2v) is 4.86. The first kappa shape index (κ1) is 15.6. The van der Waals surface area contributed by atoms with Gasteiger partial charge in [-0.05, 0) is 5.92 Å². The molecule has 0 aliphatic rings. The fourth-order valence-electron chi connectivity index (χ4n) is 1.45. The van der Waals surface area contributed by atoms with Crippen LogP contribution in [0.4, 0.5) is 0 Å². The number of halogens is 2. The first-order valence-electron chi connectivity index (χ1n) is 5.84. The molecular weight excluding hydrogens is 275 g/mol. The average molecular weight is 293 g/mol. The van der Waals surface area contributed by atoms with Crippen molar-refractivity contribution in [2.45, 2.75) is 26.2 Å². The summed E-state index contributed by atoms with van der Waals surface area (Å²) in [6.07, 6.45) is 0.585. The molecule has 1 aromatic heterocycles. The number of methoxy groups -OCH3 is 1. The summed E-state index contributed by atoms with van der Waals surface area (Å²) in [4.78, 5) is 8.46. The topological polar surface area (TPSA) is 44.2 Å².